The number of piperidine rings is 1. The van der Waals surface area contributed by atoms with Gasteiger partial charge in [-0.05, 0) is 45.7 Å². The quantitative estimate of drug-likeness (QED) is 0.918. The van der Waals surface area contributed by atoms with Crippen LogP contribution in [0.3, 0.4) is 0 Å². The molecule has 7 heteroatoms. The highest BCUT2D eigenvalue weighted by Crippen LogP contribution is 2.28. The van der Waals surface area contributed by atoms with Crippen LogP contribution in [0.1, 0.15) is 31.6 Å². The Bertz CT molecular complexity index is 607. The van der Waals surface area contributed by atoms with Crippen LogP contribution in [0.5, 0.6) is 0 Å². The van der Waals surface area contributed by atoms with Gasteiger partial charge in [-0.3, -0.25) is 4.79 Å². The number of sulfonamides is 1. The molecule has 1 amide bonds. The lowest BCUT2D eigenvalue weighted by Crippen LogP contribution is -2.46. The summed E-state index contributed by atoms with van der Waals surface area (Å²) in [5, 5.41) is 2.87. The largest absolute Gasteiger partial charge is 0.354 e. The molecule has 1 unspecified atom stereocenters. The molecule has 1 aromatic rings. The monoisotopic (exact) mass is 330 g/mol. The summed E-state index contributed by atoms with van der Waals surface area (Å²) in [5.41, 5.74) is 0. The summed E-state index contributed by atoms with van der Waals surface area (Å²) < 4.78 is 27.0. The number of carbonyl (C=O) groups excluding carboxylic acids is 1. The van der Waals surface area contributed by atoms with Crippen molar-refractivity contribution in [2.75, 3.05) is 13.1 Å². The van der Waals surface area contributed by atoms with Gasteiger partial charge in [-0.2, -0.15) is 4.31 Å². The Balaban J connectivity index is 2.12. The molecule has 1 fully saturated rings. The van der Waals surface area contributed by atoms with E-state index in [2.05, 4.69) is 5.32 Å². The summed E-state index contributed by atoms with van der Waals surface area (Å²) in [6.45, 7) is 6.47. The van der Waals surface area contributed by atoms with Gasteiger partial charge in [0.1, 0.15) is 4.21 Å². The van der Waals surface area contributed by atoms with Crippen molar-refractivity contribution in [3.8, 4) is 0 Å². The number of nitrogens with zero attached hydrogens (tertiary/aromatic N) is 1. The molecule has 1 aliphatic heterocycles. The lowest BCUT2D eigenvalue weighted by molar-refractivity contribution is -0.126. The van der Waals surface area contributed by atoms with Gasteiger partial charge in [0.15, 0.2) is 0 Å². The lowest BCUT2D eigenvalue weighted by atomic mass is 9.98. The van der Waals surface area contributed by atoms with Crippen LogP contribution in [-0.4, -0.2) is 37.8 Å². The molecule has 2 rings (SSSR count). The van der Waals surface area contributed by atoms with Gasteiger partial charge in [0.2, 0.25) is 5.91 Å². The standard InChI is InChI=1S/C14H22N2O3S2/c1-10(2)15-14(17)12-5-4-8-16(9-12)21(18,19)13-7-6-11(3)20-13/h6-7,10,12H,4-5,8-9H2,1-3H3,(H,15,17). The van der Waals surface area contributed by atoms with Gasteiger partial charge >= 0.3 is 0 Å². The van der Waals surface area contributed by atoms with Gasteiger partial charge in [0, 0.05) is 24.0 Å². The van der Waals surface area contributed by atoms with Crippen molar-refractivity contribution in [2.45, 2.75) is 43.9 Å². The fourth-order valence-electron chi connectivity index (χ4n) is 2.46. The normalized spacial score (nSPS) is 20.7. The Labute approximate surface area is 130 Å². The molecule has 1 aromatic heterocycles. The van der Waals surface area contributed by atoms with E-state index in [1.165, 1.54) is 15.6 Å². The van der Waals surface area contributed by atoms with Crippen molar-refractivity contribution < 1.29 is 13.2 Å². The van der Waals surface area contributed by atoms with Crippen LogP contribution in [0.25, 0.3) is 0 Å². The number of hydrogen-bond acceptors (Lipinski definition) is 4. The summed E-state index contributed by atoms with van der Waals surface area (Å²) in [7, 11) is -3.46. The highest BCUT2D eigenvalue weighted by atomic mass is 32.2. The van der Waals surface area contributed by atoms with Crippen molar-refractivity contribution in [1.82, 2.24) is 9.62 Å². The fraction of sp³-hybridized carbons (Fsp3) is 0.643. The molecule has 5 nitrogen and oxygen atoms in total. The number of aryl methyl sites for hydroxylation is 1. The van der Waals surface area contributed by atoms with Crippen LogP contribution in [0.4, 0.5) is 0 Å². The molecule has 1 aliphatic rings. The number of carbonyl (C=O) groups is 1. The number of rotatable bonds is 4. The molecular formula is C14H22N2O3S2. The van der Waals surface area contributed by atoms with Crippen LogP contribution >= 0.6 is 11.3 Å². The van der Waals surface area contributed by atoms with E-state index < -0.39 is 10.0 Å². The highest BCUT2D eigenvalue weighted by molar-refractivity contribution is 7.91. The van der Waals surface area contributed by atoms with E-state index in [1.807, 2.05) is 26.8 Å². The van der Waals surface area contributed by atoms with Crippen LogP contribution < -0.4 is 5.32 Å². The first-order valence-electron chi connectivity index (χ1n) is 7.17. The van der Waals surface area contributed by atoms with Crippen molar-refractivity contribution in [1.29, 1.82) is 0 Å². The Kier molecular flexibility index (Phi) is 5.06. The van der Waals surface area contributed by atoms with Gasteiger partial charge < -0.3 is 5.32 Å². The van der Waals surface area contributed by atoms with Gasteiger partial charge in [-0.1, -0.05) is 0 Å². The minimum Gasteiger partial charge on any atom is -0.354 e. The second-order valence-corrected chi connectivity index (χ2v) is 9.18. The highest BCUT2D eigenvalue weighted by Gasteiger charge is 2.34. The van der Waals surface area contributed by atoms with E-state index >= 15 is 0 Å². The van der Waals surface area contributed by atoms with Crippen molar-refractivity contribution in [3.63, 3.8) is 0 Å². The Morgan fingerprint density at radius 3 is 2.71 bits per heavy atom. The van der Waals surface area contributed by atoms with Gasteiger partial charge in [0.05, 0.1) is 5.92 Å². The molecule has 0 spiro atoms. The van der Waals surface area contributed by atoms with E-state index in [-0.39, 0.29) is 24.4 Å². The summed E-state index contributed by atoms with van der Waals surface area (Å²) >= 11 is 1.28. The average molecular weight is 330 g/mol. The number of hydrogen-bond donors (Lipinski definition) is 1. The second kappa shape index (κ2) is 6.46. The zero-order chi connectivity index (χ0) is 15.6. The molecule has 21 heavy (non-hydrogen) atoms. The number of nitrogens with one attached hydrogen (secondary N) is 1. The first-order valence-corrected chi connectivity index (χ1v) is 9.43. The minimum atomic E-state index is -3.46. The van der Waals surface area contributed by atoms with Crippen molar-refractivity contribution in [3.05, 3.63) is 17.0 Å². The van der Waals surface area contributed by atoms with Crippen molar-refractivity contribution in [2.24, 2.45) is 5.92 Å². The van der Waals surface area contributed by atoms with E-state index in [9.17, 15) is 13.2 Å². The number of thiophene rings is 1. The maximum atomic E-state index is 12.6. The molecule has 0 saturated carbocycles. The van der Waals surface area contributed by atoms with Gasteiger partial charge in [-0.15, -0.1) is 11.3 Å². The van der Waals surface area contributed by atoms with Crippen LogP contribution in [0, 0.1) is 12.8 Å². The molecule has 1 N–H and O–H groups in total. The third-order valence-electron chi connectivity index (χ3n) is 3.50. The zero-order valence-electron chi connectivity index (χ0n) is 12.6. The summed E-state index contributed by atoms with van der Waals surface area (Å²) in [5.74, 6) is -0.302. The average Bonchev–Trinajstić information content (AvgIpc) is 2.85. The van der Waals surface area contributed by atoms with E-state index in [1.54, 1.807) is 6.07 Å². The second-order valence-electron chi connectivity index (χ2n) is 5.73. The lowest BCUT2D eigenvalue weighted by Gasteiger charge is -2.31. The maximum Gasteiger partial charge on any atom is 0.252 e. The SMILES string of the molecule is Cc1ccc(S(=O)(=O)N2CCCC(C(=O)NC(C)C)C2)s1. The molecule has 0 aromatic carbocycles. The molecule has 118 valence electrons. The summed E-state index contributed by atoms with van der Waals surface area (Å²) in [6, 6.07) is 3.53. The molecule has 2 heterocycles. The van der Waals surface area contributed by atoms with Crippen LogP contribution in [-0.2, 0) is 14.8 Å². The number of amides is 1. The molecule has 1 atom stereocenters. The molecular weight excluding hydrogens is 308 g/mol. The van der Waals surface area contributed by atoms with E-state index in [0.29, 0.717) is 10.8 Å². The van der Waals surface area contributed by atoms with E-state index in [4.69, 9.17) is 0 Å². The molecule has 0 bridgehead atoms. The van der Waals surface area contributed by atoms with Crippen LogP contribution in [0.2, 0.25) is 0 Å². The predicted octanol–water partition coefficient (Wildman–Crippen LogP) is 1.98. The van der Waals surface area contributed by atoms with Gasteiger partial charge in [-0.25, -0.2) is 8.42 Å². The minimum absolute atomic E-state index is 0.0488. The van der Waals surface area contributed by atoms with Crippen molar-refractivity contribution >= 4 is 27.3 Å². The van der Waals surface area contributed by atoms with E-state index in [0.717, 1.165) is 17.7 Å². The molecule has 1 saturated heterocycles. The van der Waals surface area contributed by atoms with Crippen LogP contribution in [0.15, 0.2) is 16.3 Å². The maximum absolute atomic E-state index is 12.6. The van der Waals surface area contributed by atoms with Gasteiger partial charge in [0.25, 0.3) is 10.0 Å². The third-order valence-corrected chi connectivity index (χ3v) is 6.83. The first kappa shape index (κ1) is 16.5. The molecule has 0 aliphatic carbocycles. The summed E-state index contributed by atoms with van der Waals surface area (Å²) in [4.78, 5) is 13.1. The Hall–Kier alpha value is -0.920. The zero-order valence-corrected chi connectivity index (χ0v) is 14.3. The smallest absolute Gasteiger partial charge is 0.252 e. The predicted molar refractivity (Wildman–Crippen MR) is 83.8 cm³/mol. The Morgan fingerprint density at radius 2 is 2.14 bits per heavy atom. The third kappa shape index (κ3) is 3.84. The molecule has 0 radical (unpaired) electrons. The fourth-order valence-corrected chi connectivity index (χ4v) is 5.42. The first-order chi connectivity index (χ1) is 9.80. The summed E-state index contributed by atoms with van der Waals surface area (Å²) in [6.07, 6.45) is 1.47. The topological polar surface area (TPSA) is 66.5 Å². The Morgan fingerprint density at radius 1 is 1.43 bits per heavy atom.